The summed E-state index contributed by atoms with van der Waals surface area (Å²) in [6, 6.07) is 11.1. The van der Waals surface area contributed by atoms with Crippen LogP contribution in [0.3, 0.4) is 0 Å². The van der Waals surface area contributed by atoms with Crippen molar-refractivity contribution in [2.24, 2.45) is 0 Å². The van der Waals surface area contributed by atoms with E-state index in [1.807, 2.05) is 51.1 Å². The molecule has 1 heterocycles. The molecule has 1 aromatic heterocycles. The van der Waals surface area contributed by atoms with Crippen molar-refractivity contribution in [1.29, 1.82) is 0 Å². The maximum absolute atomic E-state index is 13.0. The molecule has 2 aromatic rings. The number of ketones is 1. The standard InChI is InChI=1S/C21H26N2O4/c1-14(24)17-11-18(22-12-17)20(26)27-15(2)19(25)23(21(3,4)5)13-16-9-7-6-8-10-16/h6-12,15,22H,13H2,1-5H3/t15-/m1/s1. The van der Waals surface area contributed by atoms with E-state index >= 15 is 0 Å². The van der Waals surface area contributed by atoms with Crippen LogP contribution in [0.1, 0.15) is 61.0 Å². The molecule has 0 saturated carbocycles. The van der Waals surface area contributed by atoms with Gasteiger partial charge in [0, 0.05) is 23.8 Å². The molecular formula is C21H26N2O4. The SMILES string of the molecule is CC(=O)c1c[nH]c(C(=O)O[C@H](C)C(=O)N(Cc2ccccc2)C(C)(C)C)c1. The minimum absolute atomic E-state index is 0.144. The lowest BCUT2D eigenvalue weighted by atomic mass is 10.0. The normalized spacial score (nSPS) is 12.3. The van der Waals surface area contributed by atoms with Gasteiger partial charge in [-0.25, -0.2) is 4.79 Å². The average molecular weight is 370 g/mol. The Labute approximate surface area is 159 Å². The van der Waals surface area contributed by atoms with E-state index in [0.717, 1.165) is 5.56 Å². The van der Waals surface area contributed by atoms with Crippen LogP contribution >= 0.6 is 0 Å². The van der Waals surface area contributed by atoms with Crippen LogP contribution in [0.15, 0.2) is 42.6 Å². The number of esters is 1. The van der Waals surface area contributed by atoms with E-state index in [-0.39, 0.29) is 17.4 Å². The number of Topliss-reactive ketones (excluding diaryl/α,β-unsaturated/α-hetero) is 1. The molecule has 0 saturated heterocycles. The number of ether oxygens (including phenoxy) is 1. The second-order valence-electron chi connectivity index (χ2n) is 7.49. The van der Waals surface area contributed by atoms with Crippen molar-refractivity contribution in [1.82, 2.24) is 9.88 Å². The number of aromatic amines is 1. The second kappa shape index (κ2) is 8.20. The van der Waals surface area contributed by atoms with Gasteiger partial charge in [0.2, 0.25) is 0 Å². The summed E-state index contributed by atoms with van der Waals surface area (Å²) in [5, 5.41) is 0. The summed E-state index contributed by atoms with van der Waals surface area (Å²) >= 11 is 0. The fourth-order valence-corrected chi connectivity index (χ4v) is 2.62. The van der Waals surface area contributed by atoms with Crippen molar-refractivity contribution >= 4 is 17.7 Å². The van der Waals surface area contributed by atoms with Crippen LogP contribution in [0.2, 0.25) is 0 Å². The average Bonchev–Trinajstić information content (AvgIpc) is 3.09. The molecule has 144 valence electrons. The maximum atomic E-state index is 13.0. The number of carbonyl (C=O) groups is 3. The zero-order valence-corrected chi connectivity index (χ0v) is 16.4. The maximum Gasteiger partial charge on any atom is 0.355 e. The highest BCUT2D eigenvalue weighted by Gasteiger charge is 2.32. The zero-order chi connectivity index (χ0) is 20.2. The molecule has 1 aromatic carbocycles. The van der Waals surface area contributed by atoms with Crippen LogP contribution in [-0.2, 0) is 16.1 Å². The number of rotatable bonds is 6. The monoisotopic (exact) mass is 370 g/mol. The lowest BCUT2D eigenvalue weighted by molar-refractivity contribution is -0.145. The van der Waals surface area contributed by atoms with Crippen LogP contribution in [0.5, 0.6) is 0 Å². The topological polar surface area (TPSA) is 79.5 Å². The second-order valence-corrected chi connectivity index (χ2v) is 7.49. The molecule has 1 N–H and O–H groups in total. The van der Waals surface area contributed by atoms with E-state index in [9.17, 15) is 14.4 Å². The summed E-state index contributed by atoms with van der Waals surface area (Å²) in [6.45, 7) is 9.20. The van der Waals surface area contributed by atoms with Crippen molar-refractivity contribution in [3.8, 4) is 0 Å². The van der Waals surface area contributed by atoms with Gasteiger partial charge in [-0.05, 0) is 46.2 Å². The summed E-state index contributed by atoms with van der Waals surface area (Å²) in [7, 11) is 0. The number of carbonyl (C=O) groups excluding carboxylic acids is 3. The molecule has 1 atom stereocenters. The number of aromatic nitrogens is 1. The third-order valence-electron chi connectivity index (χ3n) is 4.20. The largest absolute Gasteiger partial charge is 0.448 e. The fraction of sp³-hybridized carbons (Fsp3) is 0.381. The lowest BCUT2D eigenvalue weighted by Gasteiger charge is -2.37. The Morgan fingerprint density at radius 3 is 2.30 bits per heavy atom. The first-order valence-electron chi connectivity index (χ1n) is 8.85. The number of nitrogens with one attached hydrogen (secondary N) is 1. The highest BCUT2D eigenvalue weighted by Crippen LogP contribution is 2.20. The number of H-pyrrole nitrogens is 1. The van der Waals surface area contributed by atoms with Gasteiger partial charge in [0.1, 0.15) is 5.69 Å². The Kier molecular flexibility index (Phi) is 6.20. The van der Waals surface area contributed by atoms with Gasteiger partial charge < -0.3 is 14.6 Å². The number of nitrogens with zero attached hydrogens (tertiary/aromatic N) is 1. The van der Waals surface area contributed by atoms with E-state index < -0.39 is 17.6 Å². The van der Waals surface area contributed by atoms with Crippen molar-refractivity contribution in [3.05, 3.63) is 59.4 Å². The molecule has 0 aliphatic heterocycles. The lowest BCUT2D eigenvalue weighted by Crippen LogP contribution is -2.49. The third-order valence-corrected chi connectivity index (χ3v) is 4.20. The van der Waals surface area contributed by atoms with Crippen LogP contribution in [-0.4, -0.2) is 39.2 Å². The van der Waals surface area contributed by atoms with Gasteiger partial charge in [-0.15, -0.1) is 0 Å². The highest BCUT2D eigenvalue weighted by atomic mass is 16.5. The fourth-order valence-electron chi connectivity index (χ4n) is 2.62. The first kappa shape index (κ1) is 20.4. The van der Waals surface area contributed by atoms with Gasteiger partial charge in [0.05, 0.1) is 0 Å². The Balaban J connectivity index is 2.11. The van der Waals surface area contributed by atoms with Gasteiger partial charge in [0.15, 0.2) is 11.9 Å². The molecule has 0 radical (unpaired) electrons. The van der Waals surface area contributed by atoms with Crippen molar-refractivity contribution < 1.29 is 19.1 Å². The van der Waals surface area contributed by atoms with Gasteiger partial charge in [-0.2, -0.15) is 0 Å². The van der Waals surface area contributed by atoms with Crippen LogP contribution in [0.25, 0.3) is 0 Å². The quantitative estimate of drug-likeness (QED) is 0.622. The van der Waals surface area contributed by atoms with Crippen LogP contribution < -0.4 is 0 Å². The Morgan fingerprint density at radius 1 is 1.15 bits per heavy atom. The summed E-state index contributed by atoms with van der Waals surface area (Å²) in [4.78, 5) is 41.0. The van der Waals surface area contributed by atoms with E-state index in [2.05, 4.69) is 4.98 Å². The summed E-state index contributed by atoms with van der Waals surface area (Å²) in [5.41, 5.74) is 1.09. The van der Waals surface area contributed by atoms with Crippen LogP contribution in [0, 0.1) is 0 Å². The zero-order valence-electron chi connectivity index (χ0n) is 16.4. The number of hydrogen-bond donors (Lipinski definition) is 1. The van der Waals surface area contributed by atoms with Crippen molar-refractivity contribution in [2.75, 3.05) is 0 Å². The highest BCUT2D eigenvalue weighted by molar-refractivity contribution is 5.98. The van der Waals surface area contributed by atoms with Gasteiger partial charge in [-0.3, -0.25) is 9.59 Å². The predicted octanol–water partition coefficient (Wildman–Crippen LogP) is 3.59. The molecule has 2 rings (SSSR count). The smallest absolute Gasteiger partial charge is 0.355 e. The van der Waals surface area contributed by atoms with E-state index in [4.69, 9.17) is 4.74 Å². The van der Waals surface area contributed by atoms with Gasteiger partial charge in [-0.1, -0.05) is 30.3 Å². The molecule has 0 fully saturated rings. The molecule has 0 unspecified atom stereocenters. The van der Waals surface area contributed by atoms with Crippen molar-refractivity contribution in [3.63, 3.8) is 0 Å². The van der Waals surface area contributed by atoms with Gasteiger partial charge in [0.25, 0.3) is 5.91 Å². The molecule has 0 aliphatic carbocycles. The first-order chi connectivity index (χ1) is 12.6. The number of hydrogen-bond acceptors (Lipinski definition) is 4. The van der Waals surface area contributed by atoms with Gasteiger partial charge >= 0.3 is 5.97 Å². The summed E-state index contributed by atoms with van der Waals surface area (Å²) in [5.74, 6) is -1.11. The Bertz CT molecular complexity index is 818. The summed E-state index contributed by atoms with van der Waals surface area (Å²) < 4.78 is 5.33. The Hall–Kier alpha value is -2.89. The molecule has 27 heavy (non-hydrogen) atoms. The third kappa shape index (κ3) is 5.29. The molecule has 6 heteroatoms. The molecule has 6 nitrogen and oxygen atoms in total. The van der Waals surface area contributed by atoms with E-state index in [0.29, 0.717) is 12.1 Å². The van der Waals surface area contributed by atoms with E-state index in [1.54, 1.807) is 11.8 Å². The summed E-state index contributed by atoms with van der Waals surface area (Å²) in [6.07, 6.45) is 0.493. The minimum atomic E-state index is -0.954. The number of amides is 1. The predicted molar refractivity (Wildman–Crippen MR) is 102 cm³/mol. The van der Waals surface area contributed by atoms with Crippen molar-refractivity contribution in [2.45, 2.75) is 52.8 Å². The molecule has 0 spiro atoms. The first-order valence-corrected chi connectivity index (χ1v) is 8.85. The Morgan fingerprint density at radius 2 is 1.78 bits per heavy atom. The molecule has 0 bridgehead atoms. The van der Waals surface area contributed by atoms with E-state index in [1.165, 1.54) is 19.2 Å². The molecule has 1 amide bonds. The minimum Gasteiger partial charge on any atom is -0.448 e. The molecule has 0 aliphatic rings. The van der Waals surface area contributed by atoms with Crippen LogP contribution in [0.4, 0.5) is 0 Å². The number of benzene rings is 1. The molecular weight excluding hydrogens is 344 g/mol.